The van der Waals surface area contributed by atoms with Crippen molar-refractivity contribution in [1.29, 1.82) is 0 Å². The van der Waals surface area contributed by atoms with Crippen LogP contribution in [-0.2, 0) is 9.59 Å². The highest BCUT2D eigenvalue weighted by atomic mass is 16.3. The van der Waals surface area contributed by atoms with E-state index in [0.29, 0.717) is 25.1 Å². The summed E-state index contributed by atoms with van der Waals surface area (Å²) in [5.41, 5.74) is 2.30. The van der Waals surface area contributed by atoms with Crippen LogP contribution in [0, 0.1) is 12.8 Å². The lowest BCUT2D eigenvalue weighted by molar-refractivity contribution is -0.124. The van der Waals surface area contributed by atoms with Gasteiger partial charge in [-0.3, -0.25) is 14.4 Å². The third-order valence-electron chi connectivity index (χ3n) is 4.85. The summed E-state index contributed by atoms with van der Waals surface area (Å²) < 4.78 is 0. The van der Waals surface area contributed by atoms with Crippen molar-refractivity contribution in [2.45, 2.75) is 25.8 Å². The first-order valence-corrected chi connectivity index (χ1v) is 9.02. The lowest BCUT2D eigenvalue weighted by atomic mass is 9.99. The minimum Gasteiger partial charge on any atom is -0.394 e. The quantitative estimate of drug-likeness (QED) is 0.477. The normalized spacial score (nSPS) is 17.6. The number of aliphatic hydroxyl groups is 1. The Bertz CT molecular complexity index is 861. The van der Waals surface area contributed by atoms with E-state index in [9.17, 15) is 19.5 Å². The Kier molecular flexibility index (Phi) is 5.75. The van der Waals surface area contributed by atoms with Crippen molar-refractivity contribution in [2.24, 2.45) is 5.92 Å². The van der Waals surface area contributed by atoms with Crippen LogP contribution in [0.1, 0.15) is 28.9 Å². The van der Waals surface area contributed by atoms with Crippen molar-refractivity contribution in [3.63, 3.8) is 0 Å². The van der Waals surface area contributed by atoms with Crippen molar-refractivity contribution in [2.75, 3.05) is 19.7 Å². The fourth-order valence-corrected chi connectivity index (χ4v) is 3.36. The number of carbonyl (C=O) groups excluding carboxylic acids is 3. The zero-order valence-corrected chi connectivity index (χ0v) is 15.2. The summed E-state index contributed by atoms with van der Waals surface area (Å²) in [5, 5.41) is 18.4. The van der Waals surface area contributed by atoms with Gasteiger partial charge < -0.3 is 26.0 Å². The second-order valence-corrected chi connectivity index (χ2v) is 6.86. The molecule has 3 amide bonds. The van der Waals surface area contributed by atoms with Gasteiger partial charge in [-0.25, -0.2) is 0 Å². The highest BCUT2D eigenvalue weighted by Gasteiger charge is 2.27. The number of aliphatic hydroxyl groups excluding tert-OH is 1. The molecular weight excluding hydrogens is 348 g/mol. The van der Waals surface area contributed by atoms with Crippen LogP contribution in [0.4, 0.5) is 0 Å². The average molecular weight is 372 g/mol. The van der Waals surface area contributed by atoms with E-state index < -0.39 is 11.9 Å². The summed E-state index contributed by atoms with van der Waals surface area (Å²) >= 11 is 0. The molecule has 2 heterocycles. The zero-order chi connectivity index (χ0) is 19.4. The number of hydrogen-bond donors (Lipinski definition) is 5. The number of fused-ring (bicyclic) bond motifs is 1. The number of carbonyl (C=O) groups is 3. The van der Waals surface area contributed by atoms with E-state index in [2.05, 4.69) is 20.9 Å². The Morgan fingerprint density at radius 2 is 2.19 bits per heavy atom. The Balaban J connectivity index is 1.52. The Labute approximate surface area is 156 Å². The summed E-state index contributed by atoms with van der Waals surface area (Å²) in [6.45, 7) is 2.12. The van der Waals surface area contributed by atoms with Crippen LogP contribution in [0.2, 0.25) is 0 Å². The molecule has 0 bridgehead atoms. The van der Waals surface area contributed by atoms with Gasteiger partial charge in [0.1, 0.15) is 5.69 Å². The van der Waals surface area contributed by atoms with Gasteiger partial charge in [0.05, 0.1) is 19.2 Å². The predicted molar refractivity (Wildman–Crippen MR) is 100 cm³/mol. The minimum atomic E-state index is -0.515. The molecule has 5 N–H and O–H groups in total. The molecule has 27 heavy (non-hydrogen) atoms. The van der Waals surface area contributed by atoms with Gasteiger partial charge in [0.25, 0.3) is 5.91 Å². The highest BCUT2D eigenvalue weighted by molar-refractivity contribution is 6.00. The molecule has 0 saturated carbocycles. The molecule has 2 unspecified atom stereocenters. The Hall–Kier alpha value is -2.87. The maximum atomic E-state index is 12.3. The van der Waals surface area contributed by atoms with Crippen molar-refractivity contribution in [1.82, 2.24) is 20.9 Å². The van der Waals surface area contributed by atoms with Gasteiger partial charge in [-0.05, 0) is 37.5 Å². The summed E-state index contributed by atoms with van der Waals surface area (Å²) in [7, 11) is 0. The molecule has 2 atom stereocenters. The third-order valence-corrected chi connectivity index (χ3v) is 4.85. The molecule has 1 aromatic carbocycles. The summed E-state index contributed by atoms with van der Waals surface area (Å²) in [6, 6.07) is 7.00. The van der Waals surface area contributed by atoms with E-state index in [1.54, 1.807) is 6.07 Å². The predicted octanol–water partition coefficient (Wildman–Crippen LogP) is 0.209. The van der Waals surface area contributed by atoms with Crippen molar-refractivity contribution in [3.05, 3.63) is 35.5 Å². The lowest BCUT2D eigenvalue weighted by Crippen LogP contribution is -2.44. The van der Waals surface area contributed by atoms with E-state index >= 15 is 0 Å². The molecule has 0 radical (unpaired) electrons. The smallest absolute Gasteiger partial charge is 0.268 e. The maximum absolute atomic E-state index is 12.3. The Morgan fingerprint density at radius 3 is 2.85 bits per heavy atom. The van der Waals surface area contributed by atoms with Crippen molar-refractivity contribution >= 4 is 28.6 Å². The number of aromatic amines is 1. The fourth-order valence-electron chi connectivity index (χ4n) is 3.36. The first-order valence-electron chi connectivity index (χ1n) is 9.02. The van der Waals surface area contributed by atoms with E-state index in [4.69, 9.17) is 0 Å². The average Bonchev–Trinajstić information content (AvgIpc) is 3.26. The van der Waals surface area contributed by atoms with Crippen molar-refractivity contribution in [3.8, 4) is 0 Å². The molecule has 1 aliphatic heterocycles. The Morgan fingerprint density at radius 1 is 1.37 bits per heavy atom. The van der Waals surface area contributed by atoms with E-state index in [1.807, 2.05) is 25.1 Å². The molecule has 2 aromatic rings. The van der Waals surface area contributed by atoms with Gasteiger partial charge in [-0.15, -0.1) is 0 Å². The van der Waals surface area contributed by atoms with Crippen LogP contribution in [0.15, 0.2) is 24.3 Å². The molecule has 8 nitrogen and oxygen atoms in total. The van der Waals surface area contributed by atoms with Gasteiger partial charge in [0, 0.05) is 23.4 Å². The highest BCUT2D eigenvalue weighted by Crippen LogP contribution is 2.19. The fraction of sp³-hybridized carbons (Fsp3) is 0.421. The number of aromatic nitrogens is 1. The van der Waals surface area contributed by atoms with Crippen LogP contribution < -0.4 is 16.0 Å². The van der Waals surface area contributed by atoms with Crippen LogP contribution in [-0.4, -0.2) is 53.6 Å². The van der Waals surface area contributed by atoms with E-state index in [0.717, 1.165) is 16.5 Å². The summed E-state index contributed by atoms with van der Waals surface area (Å²) in [4.78, 5) is 39.0. The largest absolute Gasteiger partial charge is 0.394 e. The first-order chi connectivity index (χ1) is 13.0. The molecule has 1 fully saturated rings. The van der Waals surface area contributed by atoms with Gasteiger partial charge in [-0.1, -0.05) is 12.1 Å². The minimum absolute atomic E-state index is 0.0508. The third kappa shape index (κ3) is 4.46. The number of hydrogen-bond acceptors (Lipinski definition) is 4. The van der Waals surface area contributed by atoms with Crippen LogP contribution >= 0.6 is 0 Å². The van der Waals surface area contributed by atoms with E-state index in [-0.39, 0.29) is 30.9 Å². The van der Waals surface area contributed by atoms with Gasteiger partial charge >= 0.3 is 0 Å². The van der Waals surface area contributed by atoms with Gasteiger partial charge in [-0.2, -0.15) is 0 Å². The monoisotopic (exact) mass is 372 g/mol. The van der Waals surface area contributed by atoms with Crippen LogP contribution in [0.5, 0.6) is 0 Å². The number of amides is 3. The number of rotatable bonds is 7. The number of aryl methyl sites for hydroxylation is 1. The molecule has 1 aliphatic rings. The molecule has 144 valence electrons. The summed E-state index contributed by atoms with van der Waals surface area (Å²) in [5.74, 6) is -1.04. The molecule has 0 aliphatic carbocycles. The second kappa shape index (κ2) is 8.22. The van der Waals surface area contributed by atoms with Gasteiger partial charge in [0.15, 0.2) is 0 Å². The number of H-pyrrole nitrogens is 1. The lowest BCUT2D eigenvalue weighted by Gasteiger charge is -2.18. The molecular formula is C19H24N4O4. The SMILES string of the molecule is Cc1cccc2[nH]c(C(=O)NCC(=O)NC(CO)CC3CCNC3=O)cc12. The standard InChI is InChI=1S/C19H24N4O4/c1-11-3-2-4-15-14(11)8-16(23-15)19(27)21-9-17(25)22-13(10-24)7-12-5-6-20-18(12)26/h2-4,8,12-13,23-24H,5-7,9-10H2,1H3,(H,20,26)(H,21,27)(H,22,25). The second-order valence-electron chi connectivity index (χ2n) is 6.86. The molecule has 3 rings (SSSR count). The molecule has 0 spiro atoms. The maximum Gasteiger partial charge on any atom is 0.268 e. The molecule has 8 heteroatoms. The van der Waals surface area contributed by atoms with Crippen LogP contribution in [0.3, 0.4) is 0 Å². The number of nitrogens with one attached hydrogen (secondary N) is 4. The zero-order valence-electron chi connectivity index (χ0n) is 15.2. The molecule has 1 saturated heterocycles. The first kappa shape index (κ1) is 18.9. The van der Waals surface area contributed by atoms with Gasteiger partial charge in [0.2, 0.25) is 11.8 Å². The molecule has 1 aromatic heterocycles. The number of benzene rings is 1. The van der Waals surface area contributed by atoms with Crippen LogP contribution in [0.25, 0.3) is 10.9 Å². The summed E-state index contributed by atoms with van der Waals surface area (Å²) in [6.07, 6.45) is 1.07. The van der Waals surface area contributed by atoms with E-state index in [1.165, 1.54) is 0 Å². The topological polar surface area (TPSA) is 123 Å². The van der Waals surface area contributed by atoms with Crippen molar-refractivity contribution < 1.29 is 19.5 Å².